The zero-order valence-electron chi connectivity index (χ0n) is 15.2. The molecule has 0 saturated heterocycles. The number of hydrogen-bond donors (Lipinski definition) is 2. The van der Waals surface area contributed by atoms with E-state index in [9.17, 15) is 18.4 Å². The summed E-state index contributed by atoms with van der Waals surface area (Å²) in [4.78, 5) is 24.8. The monoisotopic (exact) mass is 416 g/mol. The number of aryl methyl sites for hydroxylation is 1. The van der Waals surface area contributed by atoms with Crippen molar-refractivity contribution in [1.82, 2.24) is 9.78 Å². The molecule has 1 unspecified atom stereocenters. The summed E-state index contributed by atoms with van der Waals surface area (Å²) in [7, 11) is 0. The van der Waals surface area contributed by atoms with Gasteiger partial charge < -0.3 is 10.6 Å². The molecule has 2 heterocycles. The lowest BCUT2D eigenvalue weighted by atomic mass is 10.1. The molecule has 3 aromatic rings. The van der Waals surface area contributed by atoms with Gasteiger partial charge in [-0.25, -0.2) is 13.5 Å². The van der Waals surface area contributed by atoms with Crippen molar-refractivity contribution < 1.29 is 18.4 Å². The molecular weight excluding hydrogens is 402 g/mol. The number of halogens is 3. The van der Waals surface area contributed by atoms with E-state index < -0.39 is 23.6 Å². The van der Waals surface area contributed by atoms with E-state index in [4.69, 9.17) is 11.6 Å². The van der Waals surface area contributed by atoms with Crippen LogP contribution in [0.3, 0.4) is 0 Å². The van der Waals surface area contributed by atoms with Crippen molar-refractivity contribution in [2.75, 3.05) is 10.6 Å². The molecule has 6 nitrogen and oxygen atoms in total. The Labute approximate surface area is 169 Å². The van der Waals surface area contributed by atoms with Gasteiger partial charge in [-0.3, -0.25) is 9.59 Å². The van der Waals surface area contributed by atoms with Crippen LogP contribution in [-0.4, -0.2) is 21.6 Å². The number of anilines is 2. The topological polar surface area (TPSA) is 76.0 Å². The Balaban J connectivity index is 1.57. The van der Waals surface area contributed by atoms with Crippen LogP contribution in [0.4, 0.5) is 20.3 Å². The maximum absolute atomic E-state index is 13.3. The molecule has 0 fully saturated rings. The summed E-state index contributed by atoms with van der Waals surface area (Å²) >= 11 is 5.94. The Hall–Kier alpha value is -3.26. The van der Waals surface area contributed by atoms with E-state index in [2.05, 4.69) is 15.7 Å². The van der Waals surface area contributed by atoms with Gasteiger partial charge in [-0.15, -0.1) is 0 Å². The molecule has 1 atom stereocenters. The number of fused-ring (bicyclic) bond motifs is 1. The summed E-state index contributed by atoms with van der Waals surface area (Å²) in [5.74, 6) is -2.47. The quantitative estimate of drug-likeness (QED) is 0.665. The molecule has 9 heteroatoms. The minimum atomic E-state index is -1.07. The first kappa shape index (κ1) is 19.1. The van der Waals surface area contributed by atoms with Gasteiger partial charge in [0.1, 0.15) is 11.9 Å². The fourth-order valence-electron chi connectivity index (χ4n) is 3.31. The number of nitrogens with zero attached hydrogens (tertiary/aromatic N) is 2. The van der Waals surface area contributed by atoms with Gasteiger partial charge in [-0.1, -0.05) is 23.7 Å². The molecule has 0 aliphatic carbocycles. The zero-order valence-corrected chi connectivity index (χ0v) is 15.9. The van der Waals surface area contributed by atoms with Gasteiger partial charge in [0.2, 0.25) is 5.91 Å². The zero-order chi connectivity index (χ0) is 20.7. The molecule has 2 amide bonds. The smallest absolute Gasteiger partial charge is 0.251 e. The molecule has 2 N–H and O–H groups in total. The Morgan fingerprint density at radius 2 is 1.93 bits per heavy atom. The van der Waals surface area contributed by atoms with Crippen LogP contribution in [0.1, 0.15) is 18.2 Å². The van der Waals surface area contributed by atoms with Crippen LogP contribution >= 0.6 is 11.6 Å². The third-order valence-corrected chi connectivity index (χ3v) is 4.89. The molecule has 1 aliphatic heterocycles. The van der Waals surface area contributed by atoms with Gasteiger partial charge in [0, 0.05) is 22.3 Å². The number of amides is 2. The maximum atomic E-state index is 13.3. The standard InChI is InChI=1S/C20H15ClF2N4O2/c1-10-18(11-2-4-12(21)5-3-11)19-25-20(29)16(27(19)26-10)9-17(28)24-13-6-7-14(22)15(23)8-13/h2-8,16H,9H2,1H3,(H,24,28)(H,25,29). The van der Waals surface area contributed by atoms with E-state index in [1.165, 1.54) is 10.7 Å². The van der Waals surface area contributed by atoms with Crippen LogP contribution in [0.2, 0.25) is 5.02 Å². The van der Waals surface area contributed by atoms with Gasteiger partial charge in [-0.2, -0.15) is 5.10 Å². The van der Waals surface area contributed by atoms with Crippen molar-refractivity contribution in [2.45, 2.75) is 19.4 Å². The highest BCUT2D eigenvalue weighted by Crippen LogP contribution is 2.38. The van der Waals surface area contributed by atoms with Crippen molar-refractivity contribution in [3.8, 4) is 11.1 Å². The van der Waals surface area contributed by atoms with E-state index >= 15 is 0 Å². The van der Waals surface area contributed by atoms with Crippen molar-refractivity contribution in [1.29, 1.82) is 0 Å². The highest BCUT2D eigenvalue weighted by atomic mass is 35.5. The van der Waals surface area contributed by atoms with E-state index in [0.29, 0.717) is 16.5 Å². The van der Waals surface area contributed by atoms with Crippen LogP contribution in [-0.2, 0) is 9.59 Å². The van der Waals surface area contributed by atoms with E-state index in [0.717, 1.165) is 23.3 Å². The second-order valence-electron chi connectivity index (χ2n) is 6.65. The Kier molecular flexibility index (Phi) is 4.79. The fourth-order valence-corrected chi connectivity index (χ4v) is 3.43. The highest BCUT2D eigenvalue weighted by molar-refractivity contribution is 6.30. The van der Waals surface area contributed by atoms with Gasteiger partial charge in [0.05, 0.1) is 12.1 Å². The number of hydrogen-bond acceptors (Lipinski definition) is 3. The lowest BCUT2D eigenvalue weighted by Crippen LogP contribution is -2.23. The molecule has 4 rings (SSSR count). The van der Waals surface area contributed by atoms with E-state index in [-0.39, 0.29) is 18.0 Å². The number of aromatic nitrogens is 2. The van der Waals surface area contributed by atoms with Crippen LogP contribution in [0.15, 0.2) is 42.5 Å². The summed E-state index contributed by atoms with van der Waals surface area (Å²) in [6.07, 6.45) is -0.209. The third kappa shape index (κ3) is 3.58. The first-order chi connectivity index (χ1) is 13.8. The van der Waals surface area contributed by atoms with Crippen LogP contribution < -0.4 is 10.6 Å². The molecule has 1 aromatic heterocycles. The first-order valence-electron chi connectivity index (χ1n) is 8.74. The van der Waals surface area contributed by atoms with Crippen LogP contribution in [0.5, 0.6) is 0 Å². The van der Waals surface area contributed by atoms with Crippen molar-refractivity contribution in [3.63, 3.8) is 0 Å². The summed E-state index contributed by atoms with van der Waals surface area (Å²) in [6.45, 7) is 1.81. The lowest BCUT2D eigenvalue weighted by Gasteiger charge is -2.10. The second-order valence-corrected chi connectivity index (χ2v) is 7.08. The van der Waals surface area contributed by atoms with Gasteiger partial charge in [0.25, 0.3) is 5.91 Å². The van der Waals surface area contributed by atoms with Crippen LogP contribution in [0, 0.1) is 18.6 Å². The summed E-state index contributed by atoms with van der Waals surface area (Å²) < 4.78 is 27.8. The predicted octanol–water partition coefficient (Wildman–Crippen LogP) is 4.31. The van der Waals surface area contributed by atoms with Gasteiger partial charge >= 0.3 is 0 Å². The fraction of sp³-hybridized carbons (Fsp3) is 0.150. The van der Waals surface area contributed by atoms with Crippen molar-refractivity contribution in [3.05, 3.63) is 64.8 Å². The average molecular weight is 417 g/mol. The number of rotatable bonds is 4. The maximum Gasteiger partial charge on any atom is 0.251 e. The minimum Gasteiger partial charge on any atom is -0.326 e. The average Bonchev–Trinajstić information content (AvgIpc) is 3.13. The first-order valence-corrected chi connectivity index (χ1v) is 9.12. The minimum absolute atomic E-state index is 0.103. The SMILES string of the molecule is Cc1nn2c(c1-c1ccc(Cl)cc1)NC(=O)C2CC(=O)Nc1ccc(F)c(F)c1. The predicted molar refractivity (Wildman–Crippen MR) is 105 cm³/mol. The van der Waals surface area contributed by atoms with Crippen LogP contribution in [0.25, 0.3) is 11.1 Å². The molecule has 0 spiro atoms. The molecule has 29 heavy (non-hydrogen) atoms. The molecule has 0 bridgehead atoms. The Bertz CT molecular complexity index is 1130. The van der Waals surface area contributed by atoms with Crippen molar-refractivity contribution in [2.24, 2.45) is 0 Å². The number of benzene rings is 2. The molecule has 148 valence electrons. The summed E-state index contributed by atoms with van der Waals surface area (Å²) in [5, 5.41) is 10.2. The van der Waals surface area contributed by atoms with E-state index in [1.807, 2.05) is 12.1 Å². The third-order valence-electron chi connectivity index (χ3n) is 4.64. The lowest BCUT2D eigenvalue weighted by molar-refractivity contribution is -0.123. The highest BCUT2D eigenvalue weighted by Gasteiger charge is 2.36. The molecular formula is C20H15ClF2N4O2. The Morgan fingerprint density at radius 3 is 2.62 bits per heavy atom. The molecule has 0 saturated carbocycles. The summed E-state index contributed by atoms with van der Waals surface area (Å²) in [6, 6.07) is 9.31. The summed E-state index contributed by atoms with van der Waals surface area (Å²) in [5.41, 5.74) is 2.37. The normalized spacial score (nSPS) is 15.2. The number of carbonyl (C=O) groups excluding carboxylic acids is 2. The largest absolute Gasteiger partial charge is 0.326 e. The molecule has 2 aromatic carbocycles. The van der Waals surface area contributed by atoms with Gasteiger partial charge in [-0.05, 0) is 36.8 Å². The number of nitrogens with one attached hydrogen (secondary N) is 2. The van der Waals surface area contributed by atoms with Gasteiger partial charge in [0.15, 0.2) is 11.6 Å². The molecule has 0 radical (unpaired) electrons. The second kappa shape index (κ2) is 7.29. The number of carbonyl (C=O) groups is 2. The Morgan fingerprint density at radius 1 is 1.21 bits per heavy atom. The molecule has 1 aliphatic rings. The van der Waals surface area contributed by atoms with Crippen molar-refractivity contribution >= 4 is 34.9 Å². The van der Waals surface area contributed by atoms with E-state index in [1.54, 1.807) is 19.1 Å².